The third-order valence-corrected chi connectivity index (χ3v) is 6.81. The number of anilines is 2. The second-order valence-electron chi connectivity index (χ2n) is 6.79. The lowest BCUT2D eigenvalue weighted by molar-refractivity contribution is 0.122. The number of hydrogen-bond donors (Lipinski definition) is 0. The standard InChI is InChI=1S/C17H29N5O3S/c1-3-4-13-26(23,24)22-7-5-20(6-8-22)16-14-17(19-15(2)18-16)21-9-11-25-12-10-21/h14H,3-13H2,1-2H3. The summed E-state index contributed by atoms with van der Waals surface area (Å²) in [5.41, 5.74) is 0. The van der Waals surface area contributed by atoms with Crippen molar-refractivity contribution >= 4 is 21.7 Å². The van der Waals surface area contributed by atoms with Crippen LogP contribution in [0.2, 0.25) is 0 Å². The van der Waals surface area contributed by atoms with Gasteiger partial charge in [-0.1, -0.05) is 13.3 Å². The Bertz CT molecular complexity index is 698. The third kappa shape index (κ3) is 4.63. The summed E-state index contributed by atoms with van der Waals surface area (Å²) in [5.74, 6) is 2.79. The average Bonchev–Trinajstić information content (AvgIpc) is 2.67. The highest BCUT2D eigenvalue weighted by molar-refractivity contribution is 7.89. The second kappa shape index (κ2) is 8.49. The van der Waals surface area contributed by atoms with Gasteiger partial charge in [-0.05, 0) is 13.3 Å². The van der Waals surface area contributed by atoms with Crippen LogP contribution in [0.25, 0.3) is 0 Å². The summed E-state index contributed by atoms with van der Waals surface area (Å²) in [5, 5.41) is 0. The predicted molar refractivity (Wildman–Crippen MR) is 102 cm³/mol. The Morgan fingerprint density at radius 1 is 1.00 bits per heavy atom. The lowest BCUT2D eigenvalue weighted by atomic mass is 10.3. The topological polar surface area (TPSA) is 78.9 Å². The molecule has 3 heterocycles. The van der Waals surface area contributed by atoms with Gasteiger partial charge in [0, 0.05) is 45.3 Å². The zero-order valence-corrected chi connectivity index (χ0v) is 16.5. The fourth-order valence-electron chi connectivity index (χ4n) is 3.30. The monoisotopic (exact) mass is 383 g/mol. The van der Waals surface area contributed by atoms with Gasteiger partial charge in [-0.3, -0.25) is 0 Å². The molecule has 1 aromatic heterocycles. The Hall–Kier alpha value is -1.45. The maximum atomic E-state index is 12.4. The van der Waals surface area contributed by atoms with E-state index in [4.69, 9.17) is 4.74 Å². The molecule has 2 aliphatic heterocycles. The first kappa shape index (κ1) is 19.3. The van der Waals surface area contributed by atoms with Crippen molar-refractivity contribution in [2.75, 3.05) is 68.0 Å². The van der Waals surface area contributed by atoms with E-state index in [0.29, 0.717) is 39.4 Å². The average molecular weight is 384 g/mol. The first-order valence-corrected chi connectivity index (χ1v) is 11.0. The van der Waals surface area contributed by atoms with Crippen LogP contribution in [-0.4, -0.2) is 80.9 Å². The van der Waals surface area contributed by atoms with Gasteiger partial charge in [-0.2, -0.15) is 4.31 Å². The van der Waals surface area contributed by atoms with Gasteiger partial charge in [0.2, 0.25) is 10.0 Å². The van der Waals surface area contributed by atoms with Crippen molar-refractivity contribution in [3.8, 4) is 0 Å². The number of unbranched alkanes of at least 4 members (excludes halogenated alkanes) is 1. The molecule has 0 atom stereocenters. The van der Waals surface area contributed by atoms with Gasteiger partial charge in [-0.25, -0.2) is 18.4 Å². The molecule has 0 N–H and O–H groups in total. The number of sulfonamides is 1. The Balaban J connectivity index is 1.66. The van der Waals surface area contributed by atoms with E-state index >= 15 is 0 Å². The van der Waals surface area contributed by atoms with Gasteiger partial charge in [0.1, 0.15) is 17.5 Å². The third-order valence-electron chi connectivity index (χ3n) is 4.86. The van der Waals surface area contributed by atoms with E-state index in [1.54, 1.807) is 4.31 Å². The minimum absolute atomic E-state index is 0.247. The van der Waals surface area contributed by atoms with Crippen molar-refractivity contribution < 1.29 is 13.2 Å². The summed E-state index contributed by atoms with van der Waals surface area (Å²) in [6.45, 7) is 9.35. The largest absolute Gasteiger partial charge is 0.378 e. The molecule has 2 saturated heterocycles. The van der Waals surface area contributed by atoms with Crippen molar-refractivity contribution in [3.05, 3.63) is 11.9 Å². The van der Waals surface area contributed by atoms with E-state index in [0.717, 1.165) is 43.4 Å². The smallest absolute Gasteiger partial charge is 0.214 e. The molecule has 1 aromatic rings. The minimum atomic E-state index is -3.13. The summed E-state index contributed by atoms with van der Waals surface area (Å²) < 4.78 is 31.8. The number of aryl methyl sites for hydroxylation is 1. The summed E-state index contributed by atoms with van der Waals surface area (Å²) >= 11 is 0. The number of piperazine rings is 1. The SMILES string of the molecule is CCCCS(=O)(=O)N1CCN(c2cc(N3CCOCC3)nc(C)n2)CC1. The van der Waals surface area contributed by atoms with Crippen LogP contribution >= 0.6 is 0 Å². The molecule has 0 aromatic carbocycles. The molecule has 0 saturated carbocycles. The molecule has 2 aliphatic rings. The molecular weight excluding hydrogens is 354 g/mol. The number of hydrogen-bond acceptors (Lipinski definition) is 7. The molecule has 0 aliphatic carbocycles. The Morgan fingerprint density at radius 3 is 2.15 bits per heavy atom. The maximum Gasteiger partial charge on any atom is 0.214 e. The highest BCUT2D eigenvalue weighted by atomic mass is 32.2. The number of morpholine rings is 1. The first-order valence-electron chi connectivity index (χ1n) is 9.41. The van der Waals surface area contributed by atoms with Crippen molar-refractivity contribution in [1.29, 1.82) is 0 Å². The summed E-state index contributed by atoms with van der Waals surface area (Å²) in [6.07, 6.45) is 1.61. The molecule has 9 heteroatoms. The summed E-state index contributed by atoms with van der Waals surface area (Å²) in [6, 6.07) is 2.01. The van der Waals surface area contributed by atoms with Crippen molar-refractivity contribution in [2.45, 2.75) is 26.7 Å². The molecule has 0 spiro atoms. The van der Waals surface area contributed by atoms with Gasteiger partial charge in [0.25, 0.3) is 0 Å². The predicted octanol–water partition coefficient (Wildman–Crippen LogP) is 0.874. The first-order chi connectivity index (χ1) is 12.5. The highest BCUT2D eigenvalue weighted by Gasteiger charge is 2.27. The molecule has 2 fully saturated rings. The van der Waals surface area contributed by atoms with E-state index in [9.17, 15) is 8.42 Å². The van der Waals surface area contributed by atoms with Crippen molar-refractivity contribution in [2.24, 2.45) is 0 Å². The van der Waals surface area contributed by atoms with Crippen LogP contribution in [0.15, 0.2) is 6.07 Å². The van der Waals surface area contributed by atoms with Crippen molar-refractivity contribution in [1.82, 2.24) is 14.3 Å². The van der Waals surface area contributed by atoms with E-state index in [-0.39, 0.29) is 5.75 Å². The molecule has 3 rings (SSSR count). The van der Waals surface area contributed by atoms with E-state index < -0.39 is 10.0 Å². The number of ether oxygens (including phenoxy) is 1. The lowest BCUT2D eigenvalue weighted by Gasteiger charge is -2.35. The van der Waals surface area contributed by atoms with E-state index in [1.165, 1.54) is 0 Å². The van der Waals surface area contributed by atoms with Gasteiger partial charge >= 0.3 is 0 Å². The summed E-state index contributed by atoms with van der Waals surface area (Å²) in [7, 11) is -3.13. The maximum absolute atomic E-state index is 12.4. The Labute approximate surface area is 156 Å². The van der Waals surface area contributed by atoms with Gasteiger partial charge in [-0.15, -0.1) is 0 Å². The number of rotatable bonds is 6. The number of aromatic nitrogens is 2. The molecule has 0 unspecified atom stereocenters. The Morgan fingerprint density at radius 2 is 1.58 bits per heavy atom. The zero-order chi connectivity index (χ0) is 18.6. The lowest BCUT2D eigenvalue weighted by Crippen LogP contribution is -2.49. The van der Waals surface area contributed by atoms with Crippen LogP contribution in [0, 0.1) is 6.92 Å². The van der Waals surface area contributed by atoms with Crippen LogP contribution in [0.1, 0.15) is 25.6 Å². The fourth-order valence-corrected chi connectivity index (χ4v) is 4.94. The molecule has 0 amide bonds. The molecule has 0 bridgehead atoms. The summed E-state index contributed by atoms with van der Waals surface area (Å²) in [4.78, 5) is 13.5. The molecule has 8 nitrogen and oxygen atoms in total. The molecule has 0 radical (unpaired) electrons. The van der Waals surface area contributed by atoms with Crippen molar-refractivity contribution in [3.63, 3.8) is 0 Å². The van der Waals surface area contributed by atoms with Crippen LogP contribution in [0.5, 0.6) is 0 Å². The normalized spacial score (nSPS) is 19.8. The van der Waals surface area contributed by atoms with Crippen LogP contribution < -0.4 is 9.80 Å². The van der Waals surface area contributed by atoms with Crippen LogP contribution in [0.4, 0.5) is 11.6 Å². The fraction of sp³-hybridized carbons (Fsp3) is 0.765. The second-order valence-corrected chi connectivity index (χ2v) is 8.88. The minimum Gasteiger partial charge on any atom is -0.378 e. The highest BCUT2D eigenvalue weighted by Crippen LogP contribution is 2.22. The van der Waals surface area contributed by atoms with Crippen LogP contribution in [0.3, 0.4) is 0 Å². The zero-order valence-electron chi connectivity index (χ0n) is 15.7. The molecule has 146 valence electrons. The van der Waals surface area contributed by atoms with Gasteiger partial charge < -0.3 is 14.5 Å². The van der Waals surface area contributed by atoms with Gasteiger partial charge in [0.05, 0.1) is 19.0 Å². The van der Waals surface area contributed by atoms with Crippen LogP contribution in [-0.2, 0) is 14.8 Å². The quantitative estimate of drug-likeness (QED) is 0.721. The van der Waals surface area contributed by atoms with E-state index in [1.807, 2.05) is 19.9 Å². The van der Waals surface area contributed by atoms with Gasteiger partial charge in [0.15, 0.2) is 0 Å². The van der Waals surface area contributed by atoms with E-state index in [2.05, 4.69) is 19.8 Å². The Kier molecular flexibility index (Phi) is 6.31. The molecular formula is C17H29N5O3S. The number of nitrogens with zero attached hydrogens (tertiary/aromatic N) is 5. The molecule has 26 heavy (non-hydrogen) atoms.